The van der Waals surface area contributed by atoms with Gasteiger partial charge in [0.15, 0.2) is 0 Å². The third-order valence-electron chi connectivity index (χ3n) is 4.54. The largest absolute Gasteiger partial charge is 0.312 e. The molecule has 0 saturated heterocycles. The summed E-state index contributed by atoms with van der Waals surface area (Å²) in [4.78, 5) is 0. The van der Waals surface area contributed by atoms with Crippen LogP contribution in [-0.4, -0.2) is 33.0 Å². The highest BCUT2D eigenvalue weighted by Gasteiger charge is 2.33. The molecular formula is C17H27NO2S. The highest BCUT2D eigenvalue weighted by atomic mass is 32.2. The molecule has 3 nitrogen and oxygen atoms in total. The Bertz CT molecular complexity index is 533. The van der Waals surface area contributed by atoms with E-state index in [2.05, 4.69) is 35.6 Å². The molecule has 0 spiro atoms. The minimum absolute atomic E-state index is 0.00233. The number of sulfone groups is 1. The molecule has 1 fully saturated rings. The van der Waals surface area contributed by atoms with E-state index in [0.717, 1.165) is 6.54 Å². The summed E-state index contributed by atoms with van der Waals surface area (Å²) in [7, 11) is -2.92. The second kappa shape index (κ2) is 6.93. The van der Waals surface area contributed by atoms with E-state index in [9.17, 15) is 8.42 Å². The lowest BCUT2D eigenvalue weighted by molar-refractivity contribution is 0.274. The first-order chi connectivity index (χ1) is 9.91. The zero-order valence-electron chi connectivity index (χ0n) is 13.1. The lowest BCUT2D eigenvalue weighted by Crippen LogP contribution is -2.44. The zero-order chi connectivity index (χ0) is 15.3. The maximum atomic E-state index is 11.4. The van der Waals surface area contributed by atoms with Gasteiger partial charge in [-0.25, -0.2) is 8.42 Å². The van der Waals surface area contributed by atoms with Crippen LogP contribution in [0.2, 0.25) is 0 Å². The molecule has 1 saturated carbocycles. The summed E-state index contributed by atoms with van der Waals surface area (Å²) in [6.45, 7) is 2.83. The van der Waals surface area contributed by atoms with Gasteiger partial charge >= 0.3 is 0 Å². The minimum Gasteiger partial charge on any atom is -0.312 e. The Morgan fingerprint density at radius 3 is 2.33 bits per heavy atom. The van der Waals surface area contributed by atoms with Crippen molar-refractivity contribution in [3.63, 3.8) is 0 Å². The molecule has 21 heavy (non-hydrogen) atoms. The second-order valence-corrected chi connectivity index (χ2v) is 8.77. The van der Waals surface area contributed by atoms with Gasteiger partial charge in [-0.05, 0) is 25.3 Å². The van der Waals surface area contributed by atoms with E-state index in [4.69, 9.17) is 0 Å². The summed E-state index contributed by atoms with van der Waals surface area (Å²) in [5.74, 6) is 0.206. The van der Waals surface area contributed by atoms with Crippen LogP contribution in [0.3, 0.4) is 0 Å². The lowest BCUT2D eigenvalue weighted by atomic mass is 9.69. The first kappa shape index (κ1) is 16.5. The first-order valence-electron chi connectivity index (χ1n) is 7.88. The highest BCUT2D eigenvalue weighted by molar-refractivity contribution is 7.90. The fourth-order valence-corrected chi connectivity index (χ4v) is 4.50. The van der Waals surface area contributed by atoms with E-state index in [1.165, 1.54) is 43.9 Å². The average molecular weight is 309 g/mol. The van der Waals surface area contributed by atoms with Crippen LogP contribution < -0.4 is 5.32 Å². The fourth-order valence-electron chi connectivity index (χ4n) is 3.47. The van der Waals surface area contributed by atoms with Crippen molar-refractivity contribution in [2.75, 3.05) is 18.6 Å². The number of nitrogens with one attached hydrogen (secondary N) is 1. The SMILES string of the molecule is C[C@@H](CS(C)(=O)=O)NCC1(c2ccccc2)CCCCC1. The molecule has 4 heteroatoms. The van der Waals surface area contributed by atoms with Crippen molar-refractivity contribution >= 4 is 9.84 Å². The van der Waals surface area contributed by atoms with Gasteiger partial charge in [0.2, 0.25) is 0 Å². The molecule has 0 aromatic heterocycles. The molecule has 118 valence electrons. The van der Waals surface area contributed by atoms with Crippen LogP contribution in [0, 0.1) is 0 Å². The summed E-state index contributed by atoms with van der Waals surface area (Å²) in [6, 6.07) is 10.7. The molecule has 1 aromatic rings. The molecule has 1 aromatic carbocycles. The summed E-state index contributed by atoms with van der Waals surface area (Å²) in [5.41, 5.74) is 1.56. The van der Waals surface area contributed by atoms with Gasteiger partial charge in [-0.3, -0.25) is 0 Å². The normalized spacial score (nSPS) is 20.1. The zero-order valence-corrected chi connectivity index (χ0v) is 14.0. The Morgan fingerprint density at radius 1 is 1.14 bits per heavy atom. The molecule has 0 heterocycles. The third-order valence-corrected chi connectivity index (χ3v) is 5.64. The molecule has 1 atom stereocenters. The van der Waals surface area contributed by atoms with Crippen LogP contribution >= 0.6 is 0 Å². The summed E-state index contributed by atoms with van der Waals surface area (Å²) in [6.07, 6.45) is 7.52. The minimum atomic E-state index is -2.92. The number of hydrogen-bond acceptors (Lipinski definition) is 3. The van der Waals surface area contributed by atoms with Crippen molar-refractivity contribution in [2.45, 2.75) is 50.5 Å². The van der Waals surface area contributed by atoms with E-state index in [-0.39, 0.29) is 17.2 Å². The highest BCUT2D eigenvalue weighted by Crippen LogP contribution is 2.38. The standard InChI is InChI=1S/C17H27NO2S/c1-15(13-21(2,19)20)18-14-17(11-7-4-8-12-17)16-9-5-3-6-10-16/h3,5-6,9-10,15,18H,4,7-8,11-14H2,1-2H3/t15-/m0/s1. The quantitative estimate of drug-likeness (QED) is 0.879. The first-order valence-corrected chi connectivity index (χ1v) is 9.94. The van der Waals surface area contributed by atoms with Crippen molar-refractivity contribution in [2.24, 2.45) is 0 Å². The predicted octanol–water partition coefficient (Wildman–Crippen LogP) is 2.91. The van der Waals surface area contributed by atoms with Crippen LogP contribution in [0.5, 0.6) is 0 Å². The monoisotopic (exact) mass is 309 g/mol. The maximum Gasteiger partial charge on any atom is 0.148 e. The molecule has 0 aliphatic heterocycles. The third kappa shape index (κ3) is 4.82. The van der Waals surface area contributed by atoms with Crippen molar-refractivity contribution in [3.8, 4) is 0 Å². The molecule has 0 amide bonds. The van der Waals surface area contributed by atoms with Crippen LogP contribution in [0.1, 0.15) is 44.6 Å². The molecule has 2 rings (SSSR count). The smallest absolute Gasteiger partial charge is 0.148 e. The van der Waals surface area contributed by atoms with Crippen molar-refractivity contribution < 1.29 is 8.42 Å². The maximum absolute atomic E-state index is 11.4. The number of benzene rings is 1. The van der Waals surface area contributed by atoms with Gasteiger partial charge < -0.3 is 5.32 Å². The molecule has 1 N–H and O–H groups in total. The Labute approximate surface area is 129 Å². The fraction of sp³-hybridized carbons (Fsp3) is 0.647. The van der Waals surface area contributed by atoms with Gasteiger partial charge in [0, 0.05) is 24.3 Å². The van der Waals surface area contributed by atoms with Gasteiger partial charge in [-0.1, -0.05) is 49.6 Å². The Kier molecular flexibility index (Phi) is 5.44. The molecular weight excluding hydrogens is 282 g/mol. The summed E-state index contributed by atoms with van der Waals surface area (Å²) in [5, 5.41) is 3.47. The average Bonchev–Trinajstić information content (AvgIpc) is 2.45. The van der Waals surface area contributed by atoms with E-state index in [1.807, 2.05) is 6.92 Å². The summed E-state index contributed by atoms with van der Waals surface area (Å²) >= 11 is 0. The van der Waals surface area contributed by atoms with Crippen molar-refractivity contribution in [1.29, 1.82) is 0 Å². The van der Waals surface area contributed by atoms with Crippen LogP contribution in [0.15, 0.2) is 30.3 Å². The van der Waals surface area contributed by atoms with Gasteiger partial charge in [0.25, 0.3) is 0 Å². The van der Waals surface area contributed by atoms with Crippen LogP contribution in [-0.2, 0) is 15.3 Å². The predicted molar refractivity (Wildman–Crippen MR) is 88.4 cm³/mol. The summed E-state index contributed by atoms with van der Waals surface area (Å²) < 4.78 is 22.8. The van der Waals surface area contributed by atoms with Gasteiger partial charge in [0.1, 0.15) is 9.84 Å². The Morgan fingerprint density at radius 2 is 1.76 bits per heavy atom. The van der Waals surface area contributed by atoms with Gasteiger partial charge in [0.05, 0.1) is 5.75 Å². The molecule has 1 aliphatic carbocycles. The van der Waals surface area contributed by atoms with E-state index >= 15 is 0 Å². The lowest BCUT2D eigenvalue weighted by Gasteiger charge is -2.39. The van der Waals surface area contributed by atoms with E-state index in [1.54, 1.807) is 0 Å². The van der Waals surface area contributed by atoms with Gasteiger partial charge in [-0.15, -0.1) is 0 Å². The molecule has 1 aliphatic rings. The molecule has 0 radical (unpaired) electrons. The van der Waals surface area contributed by atoms with Crippen LogP contribution in [0.4, 0.5) is 0 Å². The Balaban J connectivity index is 2.07. The van der Waals surface area contributed by atoms with Gasteiger partial charge in [-0.2, -0.15) is 0 Å². The number of rotatable bonds is 6. The number of hydrogen-bond donors (Lipinski definition) is 1. The topological polar surface area (TPSA) is 46.2 Å². The van der Waals surface area contributed by atoms with E-state index < -0.39 is 9.84 Å². The molecule has 0 bridgehead atoms. The van der Waals surface area contributed by atoms with Crippen molar-refractivity contribution in [3.05, 3.63) is 35.9 Å². The second-order valence-electron chi connectivity index (χ2n) is 6.58. The van der Waals surface area contributed by atoms with E-state index in [0.29, 0.717) is 0 Å². The van der Waals surface area contributed by atoms with Crippen molar-refractivity contribution in [1.82, 2.24) is 5.32 Å². The Hall–Kier alpha value is -0.870. The van der Waals surface area contributed by atoms with Crippen LogP contribution in [0.25, 0.3) is 0 Å². The molecule has 0 unspecified atom stereocenters.